The van der Waals surface area contributed by atoms with Crippen molar-refractivity contribution in [2.45, 2.75) is 45.6 Å². The molecule has 3 atom stereocenters. The molecule has 0 aromatic heterocycles. The van der Waals surface area contributed by atoms with Crippen LogP contribution in [0, 0.1) is 17.8 Å². The van der Waals surface area contributed by atoms with Crippen molar-refractivity contribution in [2.75, 3.05) is 6.61 Å². The summed E-state index contributed by atoms with van der Waals surface area (Å²) in [6.45, 7) is 7.32. The molecular formula is C12H21NO2. The molecule has 0 aromatic carbocycles. The molecule has 1 aliphatic carbocycles. The summed E-state index contributed by atoms with van der Waals surface area (Å²) in [5.74, 6) is 1.88. The number of amides is 1. The first-order valence-corrected chi connectivity index (χ1v) is 5.98. The van der Waals surface area contributed by atoms with E-state index in [4.69, 9.17) is 4.74 Å². The lowest BCUT2D eigenvalue weighted by atomic mass is 9.65. The van der Waals surface area contributed by atoms with Crippen LogP contribution < -0.4 is 5.32 Å². The van der Waals surface area contributed by atoms with E-state index in [1.807, 2.05) is 0 Å². The summed E-state index contributed by atoms with van der Waals surface area (Å²) in [7, 11) is 0. The highest BCUT2D eigenvalue weighted by molar-refractivity contribution is 5.70. The lowest BCUT2D eigenvalue weighted by Gasteiger charge is -2.44. The quantitative estimate of drug-likeness (QED) is 0.724. The highest BCUT2D eigenvalue weighted by atomic mass is 16.6. The van der Waals surface area contributed by atoms with Gasteiger partial charge in [-0.1, -0.05) is 27.2 Å². The fourth-order valence-corrected chi connectivity index (χ4v) is 3.37. The SMILES string of the molecule is CC1CCC(C(C)C)C2(COC(=O)N2)C1. The Labute approximate surface area is 91.6 Å². The predicted octanol–water partition coefficient (Wildman–Crippen LogP) is 2.56. The highest BCUT2D eigenvalue weighted by Crippen LogP contribution is 2.42. The first-order valence-electron chi connectivity index (χ1n) is 5.98. The van der Waals surface area contributed by atoms with Gasteiger partial charge in [0.2, 0.25) is 0 Å². The molecule has 1 heterocycles. The Kier molecular flexibility index (Phi) is 2.65. The molecule has 86 valence electrons. The fourth-order valence-electron chi connectivity index (χ4n) is 3.37. The van der Waals surface area contributed by atoms with Crippen LogP contribution in [0.3, 0.4) is 0 Å². The molecule has 1 saturated heterocycles. The van der Waals surface area contributed by atoms with Crippen molar-refractivity contribution < 1.29 is 9.53 Å². The van der Waals surface area contributed by atoms with E-state index in [1.54, 1.807) is 0 Å². The topological polar surface area (TPSA) is 38.3 Å². The van der Waals surface area contributed by atoms with Crippen LogP contribution in [-0.4, -0.2) is 18.2 Å². The first-order chi connectivity index (χ1) is 7.03. The number of ether oxygens (including phenoxy) is 1. The normalized spacial score (nSPS) is 40.7. The Morgan fingerprint density at radius 3 is 2.73 bits per heavy atom. The largest absolute Gasteiger partial charge is 0.447 e. The van der Waals surface area contributed by atoms with Gasteiger partial charge in [0.05, 0.1) is 5.54 Å². The molecule has 0 aromatic rings. The molecule has 3 nitrogen and oxygen atoms in total. The van der Waals surface area contributed by atoms with E-state index in [1.165, 1.54) is 12.8 Å². The number of alkyl carbamates (subject to hydrolysis) is 1. The predicted molar refractivity (Wildman–Crippen MR) is 58.6 cm³/mol. The molecule has 15 heavy (non-hydrogen) atoms. The molecule has 1 N–H and O–H groups in total. The van der Waals surface area contributed by atoms with Crippen molar-refractivity contribution in [3.05, 3.63) is 0 Å². The van der Waals surface area contributed by atoms with Crippen LogP contribution in [0.5, 0.6) is 0 Å². The van der Waals surface area contributed by atoms with Crippen molar-refractivity contribution in [1.82, 2.24) is 5.32 Å². The zero-order chi connectivity index (χ0) is 11.1. The van der Waals surface area contributed by atoms with Crippen LogP contribution in [-0.2, 0) is 4.74 Å². The van der Waals surface area contributed by atoms with Gasteiger partial charge in [-0.3, -0.25) is 0 Å². The van der Waals surface area contributed by atoms with Gasteiger partial charge in [0.1, 0.15) is 6.61 Å². The van der Waals surface area contributed by atoms with Crippen molar-refractivity contribution in [3.63, 3.8) is 0 Å². The number of carbonyl (C=O) groups is 1. The number of cyclic esters (lactones) is 1. The summed E-state index contributed by atoms with van der Waals surface area (Å²) < 4.78 is 5.12. The zero-order valence-corrected chi connectivity index (χ0v) is 9.88. The van der Waals surface area contributed by atoms with Crippen molar-refractivity contribution in [3.8, 4) is 0 Å². The minimum absolute atomic E-state index is 0.0666. The minimum Gasteiger partial charge on any atom is -0.447 e. The first kappa shape index (κ1) is 10.8. The van der Waals surface area contributed by atoms with E-state index in [-0.39, 0.29) is 11.6 Å². The van der Waals surface area contributed by atoms with Gasteiger partial charge in [-0.25, -0.2) is 4.79 Å². The van der Waals surface area contributed by atoms with Crippen LogP contribution >= 0.6 is 0 Å². The Balaban J connectivity index is 2.19. The third-order valence-electron chi connectivity index (χ3n) is 4.01. The smallest absolute Gasteiger partial charge is 0.407 e. The second-order valence-electron chi connectivity index (χ2n) is 5.59. The van der Waals surface area contributed by atoms with Gasteiger partial charge in [-0.15, -0.1) is 0 Å². The zero-order valence-electron chi connectivity index (χ0n) is 9.88. The Bertz CT molecular complexity index is 264. The lowest BCUT2D eigenvalue weighted by Crippen LogP contribution is -2.55. The molecule has 3 heteroatoms. The monoisotopic (exact) mass is 211 g/mol. The van der Waals surface area contributed by atoms with E-state index in [2.05, 4.69) is 26.1 Å². The minimum atomic E-state index is -0.227. The fraction of sp³-hybridized carbons (Fsp3) is 0.917. The highest BCUT2D eigenvalue weighted by Gasteiger charge is 2.49. The maximum Gasteiger partial charge on any atom is 0.407 e. The summed E-state index contributed by atoms with van der Waals surface area (Å²) >= 11 is 0. The van der Waals surface area contributed by atoms with Gasteiger partial charge in [-0.2, -0.15) is 0 Å². The van der Waals surface area contributed by atoms with Gasteiger partial charge in [0.25, 0.3) is 0 Å². The Morgan fingerprint density at radius 2 is 2.20 bits per heavy atom. The van der Waals surface area contributed by atoms with Gasteiger partial charge in [-0.05, 0) is 30.6 Å². The van der Waals surface area contributed by atoms with Crippen LogP contribution in [0.25, 0.3) is 0 Å². The number of nitrogens with one attached hydrogen (secondary N) is 1. The van der Waals surface area contributed by atoms with Gasteiger partial charge < -0.3 is 10.1 Å². The van der Waals surface area contributed by atoms with E-state index in [9.17, 15) is 4.79 Å². The van der Waals surface area contributed by atoms with Gasteiger partial charge in [0, 0.05) is 0 Å². The Morgan fingerprint density at radius 1 is 1.47 bits per heavy atom. The molecule has 1 amide bonds. The van der Waals surface area contributed by atoms with Crippen molar-refractivity contribution in [1.29, 1.82) is 0 Å². The molecule has 2 fully saturated rings. The van der Waals surface area contributed by atoms with E-state index < -0.39 is 0 Å². The molecule has 1 spiro atoms. The maximum atomic E-state index is 11.3. The summed E-state index contributed by atoms with van der Waals surface area (Å²) in [5, 5.41) is 3.07. The lowest BCUT2D eigenvalue weighted by molar-refractivity contribution is 0.0770. The third kappa shape index (κ3) is 1.84. The molecule has 1 aliphatic heterocycles. The average Bonchev–Trinajstić information content (AvgIpc) is 2.47. The average molecular weight is 211 g/mol. The van der Waals surface area contributed by atoms with E-state index in [0.717, 1.165) is 6.42 Å². The van der Waals surface area contributed by atoms with Crippen LogP contribution in [0.15, 0.2) is 0 Å². The summed E-state index contributed by atoms with van der Waals surface area (Å²) in [6.07, 6.45) is 3.33. The van der Waals surface area contributed by atoms with Gasteiger partial charge in [0.15, 0.2) is 0 Å². The summed E-state index contributed by atoms with van der Waals surface area (Å²) in [5.41, 5.74) is -0.0666. The second-order valence-corrected chi connectivity index (χ2v) is 5.59. The molecule has 0 radical (unpaired) electrons. The van der Waals surface area contributed by atoms with Crippen molar-refractivity contribution in [2.24, 2.45) is 17.8 Å². The molecule has 0 bridgehead atoms. The third-order valence-corrected chi connectivity index (χ3v) is 4.01. The van der Waals surface area contributed by atoms with Gasteiger partial charge >= 0.3 is 6.09 Å². The molecule has 1 saturated carbocycles. The molecule has 2 rings (SSSR count). The number of hydrogen-bond donors (Lipinski definition) is 1. The van der Waals surface area contributed by atoms with E-state index >= 15 is 0 Å². The molecular weight excluding hydrogens is 190 g/mol. The number of hydrogen-bond acceptors (Lipinski definition) is 2. The van der Waals surface area contributed by atoms with E-state index in [0.29, 0.717) is 24.4 Å². The summed E-state index contributed by atoms with van der Waals surface area (Å²) in [6, 6.07) is 0. The number of rotatable bonds is 1. The summed E-state index contributed by atoms with van der Waals surface area (Å²) in [4.78, 5) is 11.3. The van der Waals surface area contributed by atoms with Crippen molar-refractivity contribution >= 4 is 6.09 Å². The Hall–Kier alpha value is -0.730. The van der Waals surface area contributed by atoms with Crippen LogP contribution in [0.4, 0.5) is 4.79 Å². The van der Waals surface area contributed by atoms with Crippen LogP contribution in [0.2, 0.25) is 0 Å². The molecule has 2 aliphatic rings. The second kappa shape index (κ2) is 3.69. The maximum absolute atomic E-state index is 11.3. The standard InChI is InChI=1S/C12H21NO2/c1-8(2)10-5-4-9(3)6-12(10)7-15-11(14)13-12/h8-10H,4-7H2,1-3H3,(H,13,14). The number of carbonyl (C=O) groups excluding carboxylic acids is 1. The van der Waals surface area contributed by atoms with Crippen LogP contribution in [0.1, 0.15) is 40.0 Å². The molecule has 3 unspecified atom stereocenters.